The molecule has 0 aliphatic carbocycles. The molecule has 0 amide bonds. The van der Waals surface area contributed by atoms with Crippen molar-refractivity contribution in [2.75, 3.05) is 0 Å². The summed E-state index contributed by atoms with van der Waals surface area (Å²) in [5, 5.41) is 48.3. The first-order valence-electron chi connectivity index (χ1n) is 13.9. The van der Waals surface area contributed by atoms with Crippen LogP contribution in [0, 0.1) is 13.8 Å². The van der Waals surface area contributed by atoms with E-state index in [9.17, 15) is 0 Å². The van der Waals surface area contributed by atoms with Crippen molar-refractivity contribution in [3.8, 4) is 0 Å². The second-order valence-corrected chi connectivity index (χ2v) is 9.68. The van der Waals surface area contributed by atoms with E-state index >= 15 is 0 Å². The van der Waals surface area contributed by atoms with Crippen LogP contribution in [0.2, 0.25) is 0 Å². The zero-order chi connectivity index (χ0) is 31.1. The van der Waals surface area contributed by atoms with Crippen LogP contribution < -0.4 is 0 Å². The van der Waals surface area contributed by atoms with Crippen LogP contribution in [0.25, 0.3) is 0 Å². The molecule has 0 spiro atoms. The Labute approximate surface area is 271 Å². The molecule has 240 valence electrons. The summed E-state index contributed by atoms with van der Waals surface area (Å²) in [6.07, 6.45) is 9.15. The number of hydrogen-bond donors (Lipinski definition) is 6. The molecule has 6 nitrogen and oxygen atoms in total. The maximum absolute atomic E-state index is 8.06. The Hall–Kier alpha value is 1.19. The fourth-order valence-corrected chi connectivity index (χ4v) is 0.854. The molecule has 0 fully saturated rings. The SMILES string of the molecule is CC(C)O.CC(C)O.CC(C)O.CC(C)O.CC(C)O.CC(C)O.[CH2-]CCCCC.[CH2-]CCCCC.[Ti].[Ti]. The van der Waals surface area contributed by atoms with Gasteiger partial charge in [0.2, 0.25) is 0 Å². The standard InChI is InChI=1S/2C6H13.6C3H8O.2Ti/c2*1-3-5-6-4-2;6*1-3(2)4;;/h2*1,3-6H2,2H3;6*3-4H,1-2H3;;/q2*-1;;;;;;;;. The van der Waals surface area contributed by atoms with E-state index in [1.165, 1.54) is 38.5 Å². The predicted octanol–water partition coefficient (Wildman–Crippen LogP) is 7.12. The van der Waals surface area contributed by atoms with Crippen LogP contribution in [-0.2, 0) is 43.4 Å². The van der Waals surface area contributed by atoms with Gasteiger partial charge in [-0.2, -0.15) is 12.8 Å². The summed E-state index contributed by atoms with van der Waals surface area (Å²) in [6.45, 7) is 32.5. The van der Waals surface area contributed by atoms with Crippen LogP contribution in [-0.4, -0.2) is 67.3 Å². The summed E-state index contributed by atoms with van der Waals surface area (Å²) in [7, 11) is 0. The van der Waals surface area contributed by atoms with Gasteiger partial charge in [-0.25, -0.2) is 0 Å². The fourth-order valence-electron chi connectivity index (χ4n) is 0.854. The smallest absolute Gasteiger partial charge is 0.0483 e. The van der Waals surface area contributed by atoms with Gasteiger partial charge in [-0.15, -0.1) is 0 Å². The third-order valence-corrected chi connectivity index (χ3v) is 1.71. The summed E-state index contributed by atoms with van der Waals surface area (Å²) in [4.78, 5) is 0. The molecule has 0 radical (unpaired) electrons. The number of aliphatic hydroxyl groups is 6. The van der Waals surface area contributed by atoms with Gasteiger partial charge in [0.15, 0.2) is 0 Å². The molecule has 0 heterocycles. The molecule has 0 atom stereocenters. The Morgan fingerprint density at radius 1 is 0.368 bits per heavy atom. The zero-order valence-corrected chi connectivity index (χ0v) is 31.3. The van der Waals surface area contributed by atoms with E-state index in [0.717, 1.165) is 12.8 Å². The van der Waals surface area contributed by atoms with Gasteiger partial charge in [-0.3, -0.25) is 0 Å². The Morgan fingerprint density at radius 2 is 0.474 bits per heavy atom. The van der Waals surface area contributed by atoms with Crippen LogP contribution in [0.4, 0.5) is 0 Å². The van der Waals surface area contributed by atoms with Crippen molar-refractivity contribution < 1.29 is 74.1 Å². The number of unbranched alkanes of at least 4 members (excludes halogenated alkanes) is 6. The average Bonchev–Trinajstić information content (AvgIpc) is 2.62. The molecule has 0 aliphatic rings. The molecule has 0 unspecified atom stereocenters. The van der Waals surface area contributed by atoms with Gasteiger partial charge in [0.25, 0.3) is 0 Å². The maximum Gasteiger partial charge on any atom is 0.0483 e. The van der Waals surface area contributed by atoms with Crippen molar-refractivity contribution in [1.29, 1.82) is 0 Å². The van der Waals surface area contributed by atoms with Gasteiger partial charge in [0.1, 0.15) is 0 Å². The summed E-state index contributed by atoms with van der Waals surface area (Å²) in [6, 6.07) is 0. The minimum Gasteiger partial charge on any atom is -0.394 e. The molecular formula is C30H74O6Ti2-2. The largest absolute Gasteiger partial charge is 0.394 e. The Morgan fingerprint density at radius 3 is 0.500 bits per heavy atom. The van der Waals surface area contributed by atoms with Gasteiger partial charge in [-0.1, -0.05) is 52.4 Å². The molecule has 6 N–H and O–H groups in total. The van der Waals surface area contributed by atoms with Gasteiger partial charge in [0.05, 0.1) is 0 Å². The quantitative estimate of drug-likeness (QED) is 0.106. The van der Waals surface area contributed by atoms with E-state index in [2.05, 4.69) is 27.7 Å². The average molecular weight is 627 g/mol. The predicted molar refractivity (Wildman–Crippen MR) is 163 cm³/mol. The van der Waals surface area contributed by atoms with E-state index in [1.807, 2.05) is 0 Å². The molecule has 0 bridgehead atoms. The Bertz CT molecular complexity index is 188. The van der Waals surface area contributed by atoms with Gasteiger partial charge in [0, 0.05) is 80.1 Å². The normalized spacial score (nSPS) is 8.53. The van der Waals surface area contributed by atoms with Crippen LogP contribution in [0.3, 0.4) is 0 Å². The summed E-state index contributed by atoms with van der Waals surface area (Å²) in [5.74, 6) is 0. The zero-order valence-electron chi connectivity index (χ0n) is 28.2. The maximum atomic E-state index is 8.06. The molecule has 0 saturated carbocycles. The first kappa shape index (κ1) is 67.1. The van der Waals surface area contributed by atoms with E-state index in [-0.39, 0.29) is 80.1 Å². The minimum atomic E-state index is -0.167. The van der Waals surface area contributed by atoms with Crippen LogP contribution in [0.5, 0.6) is 0 Å². The molecule has 8 heteroatoms. The summed E-state index contributed by atoms with van der Waals surface area (Å²) >= 11 is 0. The van der Waals surface area contributed by atoms with Crippen LogP contribution in [0.15, 0.2) is 0 Å². The number of hydrogen-bond acceptors (Lipinski definition) is 6. The molecule has 0 aromatic heterocycles. The first-order valence-corrected chi connectivity index (χ1v) is 13.9. The van der Waals surface area contributed by atoms with Gasteiger partial charge < -0.3 is 44.5 Å². The molecule has 38 heavy (non-hydrogen) atoms. The van der Waals surface area contributed by atoms with E-state index in [4.69, 9.17) is 30.6 Å². The molecule has 0 aliphatic heterocycles. The molecule has 0 rings (SSSR count). The Kier molecular flexibility index (Phi) is 126. The summed E-state index contributed by atoms with van der Waals surface area (Å²) in [5.41, 5.74) is 0. The summed E-state index contributed by atoms with van der Waals surface area (Å²) < 4.78 is 0. The van der Waals surface area contributed by atoms with Crippen molar-refractivity contribution in [1.82, 2.24) is 0 Å². The number of aliphatic hydroxyl groups excluding tert-OH is 6. The van der Waals surface area contributed by atoms with Crippen molar-refractivity contribution in [3.05, 3.63) is 13.8 Å². The molecular weight excluding hydrogens is 552 g/mol. The molecule has 0 aromatic rings. The van der Waals surface area contributed by atoms with Crippen molar-refractivity contribution in [2.45, 2.75) is 185 Å². The first-order chi connectivity index (χ1) is 16.2. The number of rotatable bonds is 6. The van der Waals surface area contributed by atoms with Gasteiger partial charge in [-0.05, 0) is 83.1 Å². The third-order valence-electron chi connectivity index (χ3n) is 1.71. The van der Waals surface area contributed by atoms with Crippen molar-refractivity contribution in [3.63, 3.8) is 0 Å². The molecule has 0 aromatic carbocycles. The van der Waals surface area contributed by atoms with Gasteiger partial charge >= 0.3 is 0 Å². The Balaban J connectivity index is -0.0000000295. The topological polar surface area (TPSA) is 121 Å². The van der Waals surface area contributed by atoms with Crippen molar-refractivity contribution in [2.24, 2.45) is 0 Å². The van der Waals surface area contributed by atoms with Crippen molar-refractivity contribution >= 4 is 0 Å². The van der Waals surface area contributed by atoms with E-state index in [0.29, 0.717) is 0 Å². The van der Waals surface area contributed by atoms with Crippen LogP contribution in [0.1, 0.15) is 148 Å². The van der Waals surface area contributed by atoms with Crippen LogP contribution >= 0.6 is 0 Å². The molecule has 0 saturated heterocycles. The third kappa shape index (κ3) is 942. The second kappa shape index (κ2) is 71.4. The van der Waals surface area contributed by atoms with E-state index in [1.54, 1.807) is 83.1 Å². The monoisotopic (exact) mass is 626 g/mol. The minimum absolute atomic E-state index is 0. The van der Waals surface area contributed by atoms with E-state index < -0.39 is 0 Å². The second-order valence-electron chi connectivity index (χ2n) is 9.68. The fraction of sp³-hybridized carbons (Fsp3) is 0.933.